The predicted octanol–water partition coefficient (Wildman–Crippen LogP) is 1.40. The van der Waals surface area contributed by atoms with Crippen LogP contribution in [0.5, 0.6) is 0 Å². The van der Waals surface area contributed by atoms with Crippen molar-refractivity contribution in [3.05, 3.63) is 52.3 Å². The van der Waals surface area contributed by atoms with Crippen LogP contribution in [0.15, 0.2) is 41.0 Å². The molecule has 0 bridgehead atoms. The van der Waals surface area contributed by atoms with Gasteiger partial charge in [-0.2, -0.15) is 5.10 Å². The standard InChI is InChI=1S/C15H21BrN4O/c1-19(2)8-9-20-14(13(16)10-18-20)15(21,11-17)12-6-4-3-5-7-12/h3-7,10,21H,8-9,11,17H2,1-2H3. The van der Waals surface area contributed by atoms with Crippen LogP contribution in [0, 0.1) is 0 Å². The van der Waals surface area contributed by atoms with Gasteiger partial charge in [0.05, 0.1) is 22.9 Å². The van der Waals surface area contributed by atoms with Crippen molar-refractivity contribution in [1.29, 1.82) is 0 Å². The maximum atomic E-state index is 11.1. The molecule has 1 aromatic carbocycles. The molecule has 0 aliphatic rings. The van der Waals surface area contributed by atoms with Gasteiger partial charge in [-0.05, 0) is 35.6 Å². The number of benzene rings is 1. The van der Waals surface area contributed by atoms with E-state index < -0.39 is 5.60 Å². The van der Waals surface area contributed by atoms with Crippen molar-refractivity contribution in [2.75, 3.05) is 27.2 Å². The van der Waals surface area contributed by atoms with E-state index in [1.165, 1.54) is 0 Å². The van der Waals surface area contributed by atoms with Gasteiger partial charge >= 0.3 is 0 Å². The van der Waals surface area contributed by atoms with Gasteiger partial charge in [0.1, 0.15) is 5.60 Å². The Morgan fingerprint density at radius 2 is 2.00 bits per heavy atom. The molecule has 2 aromatic rings. The van der Waals surface area contributed by atoms with Crippen LogP contribution < -0.4 is 5.73 Å². The molecule has 1 heterocycles. The summed E-state index contributed by atoms with van der Waals surface area (Å²) in [5.41, 5.74) is 6.10. The summed E-state index contributed by atoms with van der Waals surface area (Å²) in [4.78, 5) is 2.07. The lowest BCUT2D eigenvalue weighted by Gasteiger charge is -2.29. The van der Waals surface area contributed by atoms with Crippen LogP contribution in [0.1, 0.15) is 11.3 Å². The number of halogens is 1. The highest BCUT2D eigenvalue weighted by Gasteiger charge is 2.35. The molecule has 0 amide bonds. The van der Waals surface area contributed by atoms with Crippen LogP contribution in [-0.4, -0.2) is 47.0 Å². The number of nitrogens with two attached hydrogens (primary N) is 1. The zero-order valence-corrected chi connectivity index (χ0v) is 13.9. The van der Waals surface area contributed by atoms with Gasteiger partial charge in [-0.1, -0.05) is 30.3 Å². The van der Waals surface area contributed by atoms with Gasteiger partial charge in [-0.25, -0.2) is 0 Å². The topological polar surface area (TPSA) is 67.3 Å². The van der Waals surface area contributed by atoms with Crippen molar-refractivity contribution < 1.29 is 5.11 Å². The van der Waals surface area contributed by atoms with Gasteiger partial charge in [-0.3, -0.25) is 4.68 Å². The summed E-state index contributed by atoms with van der Waals surface area (Å²) in [5, 5.41) is 15.5. The molecule has 0 radical (unpaired) electrons. The molecular formula is C15H21BrN4O. The van der Waals surface area contributed by atoms with E-state index in [4.69, 9.17) is 5.73 Å². The quantitative estimate of drug-likeness (QED) is 0.824. The number of nitrogens with zero attached hydrogens (tertiary/aromatic N) is 3. The molecule has 1 atom stereocenters. The monoisotopic (exact) mass is 352 g/mol. The molecule has 0 spiro atoms. The average molecular weight is 353 g/mol. The smallest absolute Gasteiger partial charge is 0.144 e. The fourth-order valence-corrected chi connectivity index (χ4v) is 2.93. The van der Waals surface area contributed by atoms with Crippen molar-refractivity contribution >= 4 is 15.9 Å². The number of hydrogen-bond donors (Lipinski definition) is 2. The van der Waals surface area contributed by atoms with E-state index in [1.54, 1.807) is 6.20 Å². The predicted molar refractivity (Wildman–Crippen MR) is 87.0 cm³/mol. The summed E-state index contributed by atoms with van der Waals surface area (Å²) in [7, 11) is 4.01. The molecule has 6 heteroatoms. The number of hydrogen-bond acceptors (Lipinski definition) is 4. The molecular weight excluding hydrogens is 332 g/mol. The maximum Gasteiger partial charge on any atom is 0.144 e. The summed E-state index contributed by atoms with van der Waals surface area (Å²) < 4.78 is 2.57. The zero-order valence-electron chi connectivity index (χ0n) is 12.3. The molecule has 0 aliphatic carbocycles. The molecule has 3 N–H and O–H groups in total. The highest BCUT2D eigenvalue weighted by atomic mass is 79.9. The highest BCUT2D eigenvalue weighted by molar-refractivity contribution is 9.10. The van der Waals surface area contributed by atoms with Crippen LogP contribution in [-0.2, 0) is 12.1 Å². The van der Waals surface area contributed by atoms with Crippen LogP contribution >= 0.6 is 15.9 Å². The van der Waals surface area contributed by atoms with Crippen molar-refractivity contribution in [2.24, 2.45) is 5.73 Å². The van der Waals surface area contributed by atoms with E-state index in [-0.39, 0.29) is 6.54 Å². The first-order valence-electron chi connectivity index (χ1n) is 6.83. The third-order valence-electron chi connectivity index (χ3n) is 3.49. The number of aliphatic hydroxyl groups is 1. The maximum absolute atomic E-state index is 11.1. The number of aromatic nitrogens is 2. The summed E-state index contributed by atoms with van der Waals surface area (Å²) in [6.07, 6.45) is 1.70. The Bertz CT molecular complexity index is 585. The van der Waals surface area contributed by atoms with E-state index in [1.807, 2.05) is 49.1 Å². The lowest BCUT2D eigenvalue weighted by molar-refractivity contribution is 0.0786. The summed E-state index contributed by atoms with van der Waals surface area (Å²) in [5.74, 6) is 0. The third-order valence-corrected chi connectivity index (χ3v) is 4.07. The van der Waals surface area contributed by atoms with Gasteiger partial charge < -0.3 is 15.7 Å². The molecule has 21 heavy (non-hydrogen) atoms. The van der Waals surface area contributed by atoms with E-state index in [9.17, 15) is 5.11 Å². The van der Waals surface area contributed by atoms with E-state index in [2.05, 4.69) is 25.9 Å². The van der Waals surface area contributed by atoms with Crippen molar-refractivity contribution in [3.8, 4) is 0 Å². The first-order chi connectivity index (χ1) is 9.99. The molecule has 0 fully saturated rings. The Balaban J connectivity index is 2.45. The number of likely N-dealkylation sites (N-methyl/N-ethyl adjacent to an activating group) is 1. The molecule has 114 valence electrons. The second-order valence-corrected chi connectivity index (χ2v) is 6.15. The largest absolute Gasteiger partial charge is 0.377 e. The summed E-state index contributed by atoms with van der Waals surface area (Å²) >= 11 is 3.49. The minimum atomic E-state index is -1.26. The first kappa shape index (κ1) is 16.2. The lowest BCUT2D eigenvalue weighted by Crippen LogP contribution is -2.39. The van der Waals surface area contributed by atoms with Gasteiger partial charge in [0.25, 0.3) is 0 Å². The van der Waals surface area contributed by atoms with Gasteiger partial charge in [0.15, 0.2) is 0 Å². The number of rotatable bonds is 6. The zero-order chi connectivity index (χ0) is 15.5. The SMILES string of the molecule is CN(C)CCn1ncc(Br)c1C(O)(CN)c1ccccc1. The van der Waals surface area contributed by atoms with Crippen LogP contribution in [0.25, 0.3) is 0 Å². The Morgan fingerprint density at radius 1 is 1.33 bits per heavy atom. The second kappa shape index (κ2) is 6.70. The minimum Gasteiger partial charge on any atom is -0.377 e. The third kappa shape index (κ3) is 3.35. The van der Waals surface area contributed by atoms with Crippen LogP contribution in [0.4, 0.5) is 0 Å². The molecule has 0 saturated carbocycles. The normalized spacial score (nSPS) is 14.4. The Hall–Kier alpha value is -1.21. The Kier molecular flexibility index (Phi) is 5.16. The van der Waals surface area contributed by atoms with E-state index in [0.717, 1.165) is 16.6 Å². The molecule has 0 aliphatic heterocycles. The van der Waals surface area contributed by atoms with E-state index >= 15 is 0 Å². The van der Waals surface area contributed by atoms with E-state index in [0.29, 0.717) is 12.2 Å². The van der Waals surface area contributed by atoms with Crippen LogP contribution in [0.3, 0.4) is 0 Å². The summed E-state index contributed by atoms with van der Waals surface area (Å²) in [6.45, 7) is 1.60. The average Bonchev–Trinajstić information content (AvgIpc) is 2.87. The van der Waals surface area contributed by atoms with Gasteiger partial charge in [0, 0.05) is 13.1 Å². The van der Waals surface area contributed by atoms with Crippen molar-refractivity contribution in [2.45, 2.75) is 12.1 Å². The molecule has 1 unspecified atom stereocenters. The fourth-order valence-electron chi connectivity index (χ4n) is 2.30. The fraction of sp³-hybridized carbons (Fsp3) is 0.400. The van der Waals surface area contributed by atoms with Crippen molar-refractivity contribution in [3.63, 3.8) is 0 Å². The lowest BCUT2D eigenvalue weighted by atomic mass is 9.90. The van der Waals surface area contributed by atoms with Crippen molar-refractivity contribution in [1.82, 2.24) is 14.7 Å². The second-order valence-electron chi connectivity index (χ2n) is 5.30. The molecule has 1 aromatic heterocycles. The van der Waals surface area contributed by atoms with Gasteiger partial charge in [0.2, 0.25) is 0 Å². The van der Waals surface area contributed by atoms with Crippen LogP contribution in [0.2, 0.25) is 0 Å². The Morgan fingerprint density at radius 3 is 2.57 bits per heavy atom. The molecule has 2 rings (SSSR count). The Labute approximate surface area is 133 Å². The highest BCUT2D eigenvalue weighted by Crippen LogP contribution is 2.33. The minimum absolute atomic E-state index is 0.0866. The first-order valence-corrected chi connectivity index (χ1v) is 7.63. The molecule has 0 saturated heterocycles. The summed E-state index contributed by atoms with van der Waals surface area (Å²) in [6, 6.07) is 9.46. The molecule has 5 nitrogen and oxygen atoms in total. The van der Waals surface area contributed by atoms with Gasteiger partial charge in [-0.15, -0.1) is 0 Å².